The van der Waals surface area contributed by atoms with Crippen LogP contribution in [-0.2, 0) is 0 Å². The minimum atomic E-state index is 0.748. The normalized spacial score (nSPS) is 40.6. The highest BCUT2D eigenvalue weighted by Crippen LogP contribution is 2.12. The van der Waals surface area contributed by atoms with Crippen molar-refractivity contribution in [3.8, 4) is 0 Å². The number of piperazine rings is 1. The topological polar surface area (TPSA) is 52.0 Å². The molecule has 4 heteroatoms. The van der Waals surface area contributed by atoms with Crippen LogP contribution < -0.4 is 11.6 Å². The maximum absolute atomic E-state index is 6.17. The molecule has 4 nitrogen and oxygen atoms in total. The first-order valence-electron chi connectivity index (χ1n) is 5.22. The zero-order chi connectivity index (χ0) is 9.95. The molecule has 1 aliphatic heterocycles. The van der Waals surface area contributed by atoms with Crippen LogP contribution in [0.4, 0.5) is 0 Å². The Morgan fingerprint density at radius 2 is 1.69 bits per heavy atom. The Labute approximate surface area is 81.2 Å². The molecule has 0 aliphatic carbocycles. The molecule has 4 N–H and O–H groups in total. The van der Waals surface area contributed by atoms with Crippen molar-refractivity contribution < 1.29 is 9.08 Å². The van der Waals surface area contributed by atoms with Crippen molar-refractivity contribution in [2.75, 3.05) is 52.9 Å². The van der Waals surface area contributed by atoms with Crippen LogP contribution in [0, 0.1) is 0 Å². The van der Waals surface area contributed by atoms with E-state index in [2.05, 4.69) is 14.0 Å². The van der Waals surface area contributed by atoms with E-state index in [0.717, 1.165) is 41.8 Å². The Balaban J connectivity index is 2.46. The molecular formula is C9H24N4+2. The van der Waals surface area contributed by atoms with Gasteiger partial charge in [0.05, 0.1) is 20.1 Å². The number of quaternary nitrogens is 2. The average molecular weight is 188 g/mol. The molecule has 0 aromatic rings. The van der Waals surface area contributed by atoms with Crippen molar-refractivity contribution in [3.05, 3.63) is 0 Å². The van der Waals surface area contributed by atoms with Gasteiger partial charge < -0.3 is 10.2 Å². The van der Waals surface area contributed by atoms with E-state index >= 15 is 0 Å². The van der Waals surface area contributed by atoms with E-state index in [1.165, 1.54) is 13.1 Å². The molecule has 0 aromatic carbocycles. The van der Waals surface area contributed by atoms with E-state index < -0.39 is 0 Å². The molecule has 0 amide bonds. The summed E-state index contributed by atoms with van der Waals surface area (Å²) < 4.78 is 1.85. The summed E-state index contributed by atoms with van der Waals surface area (Å²) in [5, 5.41) is 0. The summed E-state index contributed by atoms with van der Waals surface area (Å²) >= 11 is 0. The fraction of sp³-hybridized carbons (Fsp3) is 1.00. The molecule has 1 saturated heterocycles. The maximum atomic E-state index is 6.17. The van der Waals surface area contributed by atoms with Crippen molar-refractivity contribution in [2.24, 2.45) is 11.6 Å². The molecule has 78 valence electrons. The highest BCUT2D eigenvalue weighted by molar-refractivity contribution is 4.49. The average Bonchev–Trinajstić information content (AvgIpc) is 2.12. The quantitative estimate of drug-likeness (QED) is 0.446. The van der Waals surface area contributed by atoms with Crippen LogP contribution in [0.5, 0.6) is 0 Å². The third-order valence-corrected chi connectivity index (χ3v) is 3.47. The van der Waals surface area contributed by atoms with Gasteiger partial charge in [-0.3, -0.25) is 0 Å². The first-order valence-corrected chi connectivity index (χ1v) is 5.22. The Kier molecular flexibility index (Phi) is 3.29. The lowest BCUT2D eigenvalue weighted by Crippen LogP contribution is -2.69. The van der Waals surface area contributed by atoms with Gasteiger partial charge in [0.2, 0.25) is 0 Å². The zero-order valence-electron chi connectivity index (χ0n) is 9.00. The minimum absolute atomic E-state index is 0.748. The van der Waals surface area contributed by atoms with Gasteiger partial charge in [0.1, 0.15) is 26.2 Å². The van der Waals surface area contributed by atoms with E-state index in [4.69, 9.17) is 11.6 Å². The third kappa shape index (κ3) is 2.64. The van der Waals surface area contributed by atoms with Gasteiger partial charge in [0.25, 0.3) is 0 Å². The number of hydrogen-bond donors (Lipinski definition) is 2. The summed E-state index contributed by atoms with van der Waals surface area (Å²) in [5.74, 6) is 6.17. The SMILES string of the molecule is CC[N+]1(N)CC[N+](C)(CCN)CC1. The lowest BCUT2D eigenvalue weighted by molar-refractivity contribution is -1.03. The van der Waals surface area contributed by atoms with Crippen LogP contribution in [0.2, 0.25) is 0 Å². The van der Waals surface area contributed by atoms with Crippen LogP contribution in [0.15, 0.2) is 0 Å². The lowest BCUT2D eigenvalue weighted by Gasteiger charge is -2.44. The molecule has 1 rings (SSSR count). The van der Waals surface area contributed by atoms with Crippen molar-refractivity contribution in [1.82, 2.24) is 0 Å². The first kappa shape index (κ1) is 10.9. The summed E-state index contributed by atoms with van der Waals surface area (Å²) in [6, 6.07) is 0. The standard InChI is InChI=1S/C9H24N4/c1-3-13(11)8-6-12(2,5-4-10)7-9-13/h3-11H2,1-2H3/q+2. The predicted octanol–water partition coefficient (Wildman–Crippen LogP) is -0.884. The third-order valence-electron chi connectivity index (χ3n) is 3.47. The molecule has 0 saturated carbocycles. The fourth-order valence-electron chi connectivity index (χ4n) is 1.96. The molecule has 0 spiro atoms. The highest BCUT2D eigenvalue weighted by Gasteiger charge is 2.36. The van der Waals surface area contributed by atoms with Gasteiger partial charge in [0.15, 0.2) is 0 Å². The van der Waals surface area contributed by atoms with Gasteiger partial charge in [-0.2, -0.15) is 5.84 Å². The van der Waals surface area contributed by atoms with Crippen LogP contribution in [-0.4, -0.2) is 61.9 Å². The summed E-state index contributed by atoms with van der Waals surface area (Å²) in [5.41, 5.74) is 5.59. The highest BCUT2D eigenvalue weighted by atomic mass is 15.6. The van der Waals surface area contributed by atoms with Crippen molar-refractivity contribution in [3.63, 3.8) is 0 Å². The van der Waals surface area contributed by atoms with Crippen LogP contribution in [0.25, 0.3) is 0 Å². The lowest BCUT2D eigenvalue weighted by atomic mass is 10.2. The van der Waals surface area contributed by atoms with Gasteiger partial charge >= 0.3 is 0 Å². The molecule has 0 aromatic heterocycles. The monoisotopic (exact) mass is 188 g/mol. The summed E-state index contributed by atoms with van der Waals surface area (Å²) in [6.45, 7) is 9.60. The summed E-state index contributed by atoms with van der Waals surface area (Å²) in [7, 11) is 2.28. The maximum Gasteiger partial charge on any atom is 0.146 e. The smallest absolute Gasteiger partial charge is 0.146 e. The minimum Gasteiger partial charge on any atom is -0.326 e. The Hall–Kier alpha value is -0.160. The molecule has 13 heavy (non-hydrogen) atoms. The molecule has 0 radical (unpaired) electrons. The predicted molar refractivity (Wildman–Crippen MR) is 54.6 cm³/mol. The Bertz CT molecular complexity index is 161. The number of hydrogen-bond acceptors (Lipinski definition) is 2. The Morgan fingerprint density at radius 3 is 2.08 bits per heavy atom. The van der Waals surface area contributed by atoms with Crippen LogP contribution in [0.1, 0.15) is 6.92 Å². The molecule has 0 unspecified atom stereocenters. The van der Waals surface area contributed by atoms with Crippen molar-refractivity contribution >= 4 is 0 Å². The molecule has 1 aliphatic rings. The van der Waals surface area contributed by atoms with Gasteiger partial charge in [0, 0.05) is 6.54 Å². The van der Waals surface area contributed by atoms with Crippen LogP contribution >= 0.6 is 0 Å². The second-order valence-electron chi connectivity index (χ2n) is 4.56. The van der Waals surface area contributed by atoms with E-state index in [9.17, 15) is 0 Å². The molecular weight excluding hydrogens is 164 g/mol. The van der Waals surface area contributed by atoms with Gasteiger partial charge in [-0.05, 0) is 6.92 Å². The van der Waals surface area contributed by atoms with Gasteiger partial charge in [-0.15, -0.1) is 0 Å². The number of nitrogens with two attached hydrogens (primary N) is 2. The molecule has 1 fully saturated rings. The summed E-state index contributed by atoms with van der Waals surface area (Å²) in [4.78, 5) is 0. The van der Waals surface area contributed by atoms with E-state index in [-0.39, 0.29) is 0 Å². The molecule has 0 bridgehead atoms. The van der Waals surface area contributed by atoms with Crippen molar-refractivity contribution in [2.45, 2.75) is 6.92 Å². The first-order chi connectivity index (χ1) is 6.04. The van der Waals surface area contributed by atoms with Crippen LogP contribution in [0.3, 0.4) is 0 Å². The second kappa shape index (κ2) is 3.92. The van der Waals surface area contributed by atoms with E-state index in [1.807, 2.05) is 0 Å². The fourth-order valence-corrected chi connectivity index (χ4v) is 1.96. The number of likely N-dealkylation sites (N-methyl/N-ethyl adjacent to an activating group) is 2. The summed E-state index contributed by atoms with van der Waals surface area (Å²) in [6.07, 6.45) is 0. The largest absolute Gasteiger partial charge is 0.326 e. The van der Waals surface area contributed by atoms with E-state index in [0.29, 0.717) is 0 Å². The number of nitrogens with zero attached hydrogens (tertiary/aromatic N) is 2. The molecule has 1 heterocycles. The van der Waals surface area contributed by atoms with E-state index in [1.54, 1.807) is 0 Å². The van der Waals surface area contributed by atoms with Gasteiger partial charge in [-0.25, -0.2) is 4.59 Å². The van der Waals surface area contributed by atoms with Crippen molar-refractivity contribution in [1.29, 1.82) is 0 Å². The van der Waals surface area contributed by atoms with Gasteiger partial charge in [-0.1, -0.05) is 0 Å². The second-order valence-corrected chi connectivity index (χ2v) is 4.56. The number of rotatable bonds is 3. The zero-order valence-corrected chi connectivity index (χ0v) is 9.00. The molecule has 0 atom stereocenters. The Morgan fingerprint density at radius 1 is 1.15 bits per heavy atom.